The number of benzene rings is 1. The number of carbonyl (C=O) groups is 1. The minimum Gasteiger partial charge on any atom is -0.396 e. The van der Waals surface area contributed by atoms with Crippen molar-refractivity contribution >= 4 is 11.8 Å². The largest absolute Gasteiger partial charge is 0.396 e. The zero-order chi connectivity index (χ0) is 18.0. The van der Waals surface area contributed by atoms with Crippen LogP contribution in [0.25, 0.3) is 5.69 Å². The van der Waals surface area contributed by atoms with Crippen LogP contribution in [-0.4, -0.2) is 45.5 Å². The van der Waals surface area contributed by atoms with Crippen molar-refractivity contribution in [3.8, 4) is 5.69 Å². The van der Waals surface area contributed by atoms with Gasteiger partial charge >= 0.3 is 6.03 Å². The lowest BCUT2D eigenvalue weighted by Crippen LogP contribution is -2.48. The van der Waals surface area contributed by atoms with Crippen LogP contribution in [0.2, 0.25) is 0 Å². The second-order valence-electron chi connectivity index (χ2n) is 6.99. The predicted octanol–water partition coefficient (Wildman–Crippen LogP) is 2.95. The van der Waals surface area contributed by atoms with Gasteiger partial charge in [-0.2, -0.15) is 0 Å². The quantitative estimate of drug-likeness (QED) is 0.898. The van der Waals surface area contributed by atoms with Gasteiger partial charge < -0.3 is 10.0 Å². The number of nitrogens with zero attached hydrogens (tertiary/aromatic N) is 3. The standard InChI is InChI=1S/C18H23FN4O2/c1-13-9-16(21-23(13)15-6-3-5-14(19)10-15)20-17(25)22-8-4-7-18(2,11-22)12-24/h3,5-6,9-10,24H,4,7-8,11-12H2,1-2H3,(H,20,21,25). The van der Waals surface area contributed by atoms with E-state index in [2.05, 4.69) is 10.4 Å². The van der Waals surface area contributed by atoms with Gasteiger partial charge in [-0.15, -0.1) is 5.10 Å². The molecule has 0 saturated carbocycles. The number of rotatable bonds is 3. The SMILES string of the molecule is Cc1cc(NC(=O)N2CCCC(C)(CO)C2)nn1-c1cccc(F)c1. The van der Waals surface area contributed by atoms with Crippen LogP contribution in [0.1, 0.15) is 25.5 Å². The molecule has 0 radical (unpaired) electrons. The monoisotopic (exact) mass is 346 g/mol. The van der Waals surface area contributed by atoms with Crippen LogP contribution in [0.3, 0.4) is 0 Å². The number of likely N-dealkylation sites (tertiary alicyclic amines) is 1. The van der Waals surface area contributed by atoms with Crippen LogP contribution in [0, 0.1) is 18.2 Å². The highest BCUT2D eigenvalue weighted by Crippen LogP contribution is 2.29. The van der Waals surface area contributed by atoms with E-state index < -0.39 is 0 Å². The second kappa shape index (κ2) is 6.84. The molecule has 1 saturated heterocycles. The molecule has 134 valence electrons. The van der Waals surface area contributed by atoms with Gasteiger partial charge in [-0.1, -0.05) is 13.0 Å². The molecule has 1 unspecified atom stereocenters. The summed E-state index contributed by atoms with van der Waals surface area (Å²) in [5.41, 5.74) is 1.13. The van der Waals surface area contributed by atoms with E-state index in [4.69, 9.17) is 0 Å². The molecule has 1 fully saturated rings. The number of urea groups is 1. The lowest BCUT2D eigenvalue weighted by Gasteiger charge is -2.39. The third-order valence-electron chi connectivity index (χ3n) is 4.63. The fourth-order valence-electron chi connectivity index (χ4n) is 3.21. The first-order valence-corrected chi connectivity index (χ1v) is 8.40. The van der Waals surface area contributed by atoms with Crippen molar-refractivity contribution in [2.45, 2.75) is 26.7 Å². The molecule has 1 aliphatic heterocycles. The Morgan fingerprint density at radius 3 is 2.96 bits per heavy atom. The molecule has 2 heterocycles. The summed E-state index contributed by atoms with van der Waals surface area (Å²) in [5, 5.41) is 16.7. The summed E-state index contributed by atoms with van der Waals surface area (Å²) < 4.78 is 15.0. The van der Waals surface area contributed by atoms with Crippen molar-refractivity contribution in [3.05, 3.63) is 41.8 Å². The first-order valence-electron chi connectivity index (χ1n) is 8.40. The number of carbonyl (C=O) groups excluding carboxylic acids is 1. The number of piperidine rings is 1. The highest BCUT2D eigenvalue weighted by molar-refractivity contribution is 5.88. The number of nitrogens with one attached hydrogen (secondary N) is 1. The number of aliphatic hydroxyl groups excluding tert-OH is 1. The van der Waals surface area contributed by atoms with E-state index in [9.17, 15) is 14.3 Å². The molecule has 1 atom stereocenters. The van der Waals surface area contributed by atoms with Crippen molar-refractivity contribution in [1.29, 1.82) is 0 Å². The van der Waals surface area contributed by atoms with Gasteiger partial charge in [0.25, 0.3) is 0 Å². The topological polar surface area (TPSA) is 70.4 Å². The number of amides is 2. The van der Waals surface area contributed by atoms with Crippen molar-refractivity contribution in [2.24, 2.45) is 5.41 Å². The molecular formula is C18H23FN4O2. The van der Waals surface area contributed by atoms with Crippen LogP contribution in [0.5, 0.6) is 0 Å². The summed E-state index contributed by atoms with van der Waals surface area (Å²) in [7, 11) is 0. The van der Waals surface area contributed by atoms with E-state index in [1.165, 1.54) is 12.1 Å². The van der Waals surface area contributed by atoms with Gasteiger partial charge in [0.2, 0.25) is 0 Å². The molecule has 25 heavy (non-hydrogen) atoms. The fraction of sp³-hybridized carbons (Fsp3) is 0.444. The summed E-state index contributed by atoms with van der Waals surface area (Å²) in [6, 6.07) is 7.66. The molecule has 0 bridgehead atoms. The second-order valence-corrected chi connectivity index (χ2v) is 6.99. The molecule has 1 aliphatic rings. The van der Waals surface area contributed by atoms with Gasteiger partial charge in [0.1, 0.15) is 5.82 Å². The number of hydrogen-bond acceptors (Lipinski definition) is 3. The summed E-state index contributed by atoms with van der Waals surface area (Å²) >= 11 is 0. The van der Waals surface area contributed by atoms with Gasteiger partial charge in [0.15, 0.2) is 5.82 Å². The lowest BCUT2D eigenvalue weighted by atomic mass is 9.83. The molecule has 7 heteroatoms. The van der Waals surface area contributed by atoms with Gasteiger partial charge in [0, 0.05) is 30.3 Å². The highest BCUT2D eigenvalue weighted by atomic mass is 19.1. The molecule has 1 aromatic heterocycles. The van der Waals surface area contributed by atoms with Crippen LogP contribution < -0.4 is 5.32 Å². The number of hydrogen-bond donors (Lipinski definition) is 2. The highest BCUT2D eigenvalue weighted by Gasteiger charge is 2.32. The maximum atomic E-state index is 13.4. The summed E-state index contributed by atoms with van der Waals surface area (Å²) in [6.07, 6.45) is 1.77. The van der Waals surface area contributed by atoms with Gasteiger partial charge in [-0.05, 0) is 38.0 Å². The first-order chi connectivity index (χ1) is 11.9. The molecule has 0 aliphatic carbocycles. The average molecular weight is 346 g/mol. The van der Waals surface area contributed by atoms with Gasteiger partial charge in [-0.3, -0.25) is 5.32 Å². The fourth-order valence-corrected chi connectivity index (χ4v) is 3.21. The average Bonchev–Trinajstić information content (AvgIpc) is 2.95. The molecule has 6 nitrogen and oxygen atoms in total. The maximum absolute atomic E-state index is 13.4. The Hall–Kier alpha value is -2.41. The maximum Gasteiger partial charge on any atom is 0.323 e. The Morgan fingerprint density at radius 1 is 1.44 bits per heavy atom. The zero-order valence-corrected chi connectivity index (χ0v) is 14.5. The van der Waals surface area contributed by atoms with Crippen LogP contribution in [-0.2, 0) is 0 Å². The van der Waals surface area contributed by atoms with E-state index in [0.717, 1.165) is 18.5 Å². The molecule has 2 aromatic rings. The predicted molar refractivity (Wildman–Crippen MR) is 93.3 cm³/mol. The molecule has 3 rings (SSSR count). The summed E-state index contributed by atoms with van der Waals surface area (Å²) in [5.74, 6) is 0.0811. The molecule has 0 spiro atoms. The van der Waals surface area contributed by atoms with Crippen molar-refractivity contribution in [3.63, 3.8) is 0 Å². The third kappa shape index (κ3) is 3.82. The molecule has 2 amide bonds. The molecular weight excluding hydrogens is 323 g/mol. The number of anilines is 1. The Bertz CT molecular complexity index is 776. The van der Waals surface area contributed by atoms with Crippen molar-refractivity contribution in [1.82, 2.24) is 14.7 Å². The number of halogens is 1. The van der Waals surface area contributed by atoms with E-state index in [1.807, 2.05) is 13.8 Å². The Balaban J connectivity index is 1.73. The molecule has 1 aromatic carbocycles. The lowest BCUT2D eigenvalue weighted by molar-refractivity contribution is 0.0648. The van der Waals surface area contributed by atoms with E-state index in [1.54, 1.807) is 27.8 Å². The summed E-state index contributed by atoms with van der Waals surface area (Å²) in [4.78, 5) is 14.2. The summed E-state index contributed by atoms with van der Waals surface area (Å²) in [6.45, 7) is 5.06. The Labute approximate surface area is 146 Å². The van der Waals surface area contributed by atoms with Crippen LogP contribution in [0.4, 0.5) is 15.0 Å². The van der Waals surface area contributed by atoms with Crippen LogP contribution in [0.15, 0.2) is 30.3 Å². The minimum absolute atomic E-state index is 0.0596. The van der Waals surface area contributed by atoms with Crippen molar-refractivity contribution in [2.75, 3.05) is 25.0 Å². The molecule has 2 N–H and O–H groups in total. The van der Waals surface area contributed by atoms with Gasteiger partial charge in [-0.25, -0.2) is 13.9 Å². The normalized spacial score (nSPS) is 20.6. The third-order valence-corrected chi connectivity index (χ3v) is 4.63. The minimum atomic E-state index is -0.338. The van der Waals surface area contributed by atoms with E-state index in [0.29, 0.717) is 24.6 Å². The van der Waals surface area contributed by atoms with E-state index in [-0.39, 0.29) is 23.9 Å². The van der Waals surface area contributed by atoms with Gasteiger partial charge in [0.05, 0.1) is 12.3 Å². The van der Waals surface area contributed by atoms with E-state index >= 15 is 0 Å². The zero-order valence-electron chi connectivity index (χ0n) is 14.5. The Kier molecular flexibility index (Phi) is 4.76. The number of aliphatic hydroxyl groups is 1. The smallest absolute Gasteiger partial charge is 0.323 e. The number of aromatic nitrogens is 2. The van der Waals surface area contributed by atoms with Crippen molar-refractivity contribution < 1.29 is 14.3 Å². The Morgan fingerprint density at radius 2 is 2.24 bits per heavy atom. The number of aryl methyl sites for hydroxylation is 1. The first kappa shape index (κ1) is 17.4. The van der Waals surface area contributed by atoms with Crippen LogP contribution >= 0.6 is 0 Å².